The second kappa shape index (κ2) is 8.34. The van der Waals surface area contributed by atoms with E-state index in [-0.39, 0.29) is 23.9 Å². The van der Waals surface area contributed by atoms with Crippen molar-refractivity contribution in [3.05, 3.63) is 35.4 Å². The summed E-state index contributed by atoms with van der Waals surface area (Å²) >= 11 is 1.59. The highest BCUT2D eigenvalue weighted by Crippen LogP contribution is 2.24. The second-order valence-corrected chi connectivity index (χ2v) is 6.13. The second-order valence-electron chi connectivity index (χ2n) is 5.22. The van der Waals surface area contributed by atoms with E-state index in [1.807, 2.05) is 13.2 Å². The molecule has 0 bridgehead atoms. The van der Waals surface area contributed by atoms with Gasteiger partial charge < -0.3 is 10.2 Å². The quantitative estimate of drug-likeness (QED) is 0.839. The Morgan fingerprint density at radius 3 is 2.38 bits per heavy atom. The van der Waals surface area contributed by atoms with Gasteiger partial charge >= 0.3 is 0 Å². The molecule has 1 N–H and O–H groups in total. The van der Waals surface area contributed by atoms with Gasteiger partial charge in [-0.05, 0) is 32.5 Å². The molecule has 6 heteroatoms. The molecule has 0 radical (unpaired) electrons. The molecule has 118 valence electrons. The van der Waals surface area contributed by atoms with Gasteiger partial charge in [0.2, 0.25) is 5.91 Å². The van der Waals surface area contributed by atoms with Crippen molar-refractivity contribution in [2.45, 2.75) is 13.0 Å². The molecule has 21 heavy (non-hydrogen) atoms. The lowest BCUT2D eigenvalue weighted by molar-refractivity contribution is -0.124. The maximum Gasteiger partial charge on any atom is 0.223 e. The summed E-state index contributed by atoms with van der Waals surface area (Å²) in [4.78, 5) is 13.6. The zero-order valence-electron chi connectivity index (χ0n) is 12.8. The van der Waals surface area contributed by atoms with Gasteiger partial charge in [-0.2, -0.15) is 11.8 Å². The Morgan fingerprint density at radius 2 is 1.90 bits per heavy atom. The van der Waals surface area contributed by atoms with Crippen molar-refractivity contribution in [1.82, 2.24) is 10.2 Å². The van der Waals surface area contributed by atoms with Crippen LogP contribution in [0.1, 0.15) is 18.5 Å². The molecule has 0 aliphatic heterocycles. The van der Waals surface area contributed by atoms with E-state index in [1.165, 1.54) is 18.2 Å². The lowest BCUT2D eigenvalue weighted by Crippen LogP contribution is -2.38. The van der Waals surface area contributed by atoms with Gasteiger partial charge in [0.1, 0.15) is 11.6 Å². The van der Waals surface area contributed by atoms with Gasteiger partial charge in [-0.25, -0.2) is 8.78 Å². The third kappa shape index (κ3) is 4.97. The van der Waals surface area contributed by atoms with Crippen LogP contribution < -0.4 is 5.32 Å². The summed E-state index contributed by atoms with van der Waals surface area (Å²) in [5.41, 5.74) is -0.0136. The van der Waals surface area contributed by atoms with Gasteiger partial charge in [-0.3, -0.25) is 4.79 Å². The zero-order chi connectivity index (χ0) is 16.0. The van der Waals surface area contributed by atoms with Crippen molar-refractivity contribution in [1.29, 1.82) is 0 Å². The molecular weight excluding hydrogens is 294 g/mol. The van der Waals surface area contributed by atoms with E-state index in [2.05, 4.69) is 5.32 Å². The van der Waals surface area contributed by atoms with E-state index in [0.717, 1.165) is 0 Å². The van der Waals surface area contributed by atoms with Gasteiger partial charge in [0.05, 0.1) is 6.04 Å². The number of rotatable bonds is 7. The van der Waals surface area contributed by atoms with Crippen molar-refractivity contribution >= 4 is 17.7 Å². The molecule has 1 rings (SSSR count). The fourth-order valence-electron chi connectivity index (χ4n) is 2.07. The normalized spacial score (nSPS) is 14.0. The SMILES string of the molecule is CSC[C@@H](C)C(=O)NC[C@@H](c1c(F)cccc1F)N(C)C. The first kappa shape index (κ1) is 17.9. The zero-order valence-corrected chi connectivity index (χ0v) is 13.6. The number of hydrogen-bond acceptors (Lipinski definition) is 3. The third-order valence-electron chi connectivity index (χ3n) is 3.29. The summed E-state index contributed by atoms with van der Waals surface area (Å²) in [7, 11) is 3.46. The van der Waals surface area contributed by atoms with E-state index in [4.69, 9.17) is 0 Å². The van der Waals surface area contributed by atoms with E-state index in [1.54, 1.807) is 30.8 Å². The average molecular weight is 316 g/mol. The Morgan fingerprint density at radius 1 is 1.33 bits per heavy atom. The van der Waals surface area contributed by atoms with Crippen molar-refractivity contribution in [3.8, 4) is 0 Å². The fourth-order valence-corrected chi connectivity index (χ4v) is 2.72. The van der Waals surface area contributed by atoms with Crippen LogP contribution in [-0.4, -0.2) is 43.5 Å². The van der Waals surface area contributed by atoms with Crippen LogP contribution in [0.4, 0.5) is 8.78 Å². The number of benzene rings is 1. The first-order chi connectivity index (χ1) is 9.88. The largest absolute Gasteiger partial charge is 0.354 e. The number of nitrogens with one attached hydrogen (secondary N) is 1. The number of hydrogen-bond donors (Lipinski definition) is 1. The van der Waals surface area contributed by atoms with Crippen LogP contribution in [0.3, 0.4) is 0 Å². The molecule has 0 aliphatic carbocycles. The maximum absolute atomic E-state index is 13.9. The minimum Gasteiger partial charge on any atom is -0.354 e. The van der Waals surface area contributed by atoms with Crippen LogP contribution in [-0.2, 0) is 4.79 Å². The first-order valence-electron chi connectivity index (χ1n) is 6.75. The molecule has 0 saturated heterocycles. The summed E-state index contributed by atoms with van der Waals surface area (Å²) in [6, 6.07) is 3.25. The number of carbonyl (C=O) groups excluding carboxylic acids is 1. The van der Waals surface area contributed by atoms with E-state index in [9.17, 15) is 13.6 Å². The van der Waals surface area contributed by atoms with Gasteiger partial charge in [-0.1, -0.05) is 13.0 Å². The number of likely N-dealkylation sites (N-methyl/N-ethyl adjacent to an activating group) is 1. The highest BCUT2D eigenvalue weighted by atomic mass is 32.2. The molecule has 0 aliphatic rings. The Kier molecular flexibility index (Phi) is 7.11. The topological polar surface area (TPSA) is 32.3 Å². The molecule has 1 aromatic rings. The predicted octanol–water partition coefficient (Wildman–Crippen LogP) is 2.68. The molecule has 0 unspecified atom stereocenters. The number of nitrogens with zero attached hydrogens (tertiary/aromatic N) is 1. The highest BCUT2D eigenvalue weighted by Gasteiger charge is 2.23. The van der Waals surface area contributed by atoms with Crippen molar-refractivity contribution in [2.75, 3.05) is 32.6 Å². The summed E-state index contributed by atoms with van der Waals surface area (Å²) in [5.74, 6) is -0.714. The number of thioether (sulfide) groups is 1. The monoisotopic (exact) mass is 316 g/mol. The average Bonchev–Trinajstić information content (AvgIpc) is 2.41. The molecule has 3 nitrogen and oxygen atoms in total. The first-order valence-corrected chi connectivity index (χ1v) is 8.14. The van der Waals surface area contributed by atoms with Crippen molar-refractivity contribution in [2.24, 2.45) is 5.92 Å². The van der Waals surface area contributed by atoms with Crippen LogP contribution >= 0.6 is 11.8 Å². The van der Waals surface area contributed by atoms with Crippen LogP contribution in [0, 0.1) is 17.6 Å². The van der Waals surface area contributed by atoms with Gasteiger partial charge in [0, 0.05) is 23.8 Å². The summed E-state index contributed by atoms with van der Waals surface area (Å²) in [6.07, 6.45) is 1.93. The molecule has 1 amide bonds. The molecule has 0 heterocycles. The third-order valence-corrected chi connectivity index (χ3v) is 4.12. The standard InChI is InChI=1S/C15H22F2N2OS/c1-10(9-21-4)15(20)18-8-13(19(2)3)14-11(16)6-5-7-12(14)17/h5-7,10,13H,8-9H2,1-4H3,(H,18,20)/t10-,13+/m1/s1. The molecule has 1 aromatic carbocycles. The van der Waals surface area contributed by atoms with Crippen LogP contribution in [0.5, 0.6) is 0 Å². The van der Waals surface area contributed by atoms with E-state index >= 15 is 0 Å². The van der Waals surface area contributed by atoms with E-state index in [0.29, 0.717) is 5.75 Å². The number of halogens is 2. The lowest BCUT2D eigenvalue weighted by atomic mass is 10.0. The Bertz CT molecular complexity index is 462. The maximum atomic E-state index is 13.9. The molecule has 2 atom stereocenters. The summed E-state index contributed by atoms with van der Waals surface area (Å²) in [6.45, 7) is 2.00. The molecular formula is C15H22F2N2OS. The van der Waals surface area contributed by atoms with Crippen molar-refractivity contribution in [3.63, 3.8) is 0 Å². The minimum absolute atomic E-state index is 0.0136. The van der Waals surface area contributed by atoms with Gasteiger partial charge in [0.25, 0.3) is 0 Å². The van der Waals surface area contributed by atoms with Crippen molar-refractivity contribution < 1.29 is 13.6 Å². The molecule has 0 aromatic heterocycles. The minimum atomic E-state index is -0.597. The Hall–Kier alpha value is -1.14. The predicted molar refractivity (Wildman–Crippen MR) is 83.3 cm³/mol. The fraction of sp³-hybridized carbons (Fsp3) is 0.533. The van der Waals surface area contributed by atoms with Crippen LogP contribution in [0.2, 0.25) is 0 Å². The van der Waals surface area contributed by atoms with E-state index < -0.39 is 17.7 Å². The van der Waals surface area contributed by atoms with Gasteiger partial charge in [-0.15, -0.1) is 0 Å². The number of amides is 1. The number of carbonyl (C=O) groups is 1. The summed E-state index contributed by atoms with van der Waals surface area (Å²) in [5, 5.41) is 2.77. The molecule has 0 fully saturated rings. The van der Waals surface area contributed by atoms with Gasteiger partial charge in [0.15, 0.2) is 0 Å². The Balaban J connectivity index is 2.82. The Labute approximate surface area is 129 Å². The highest BCUT2D eigenvalue weighted by molar-refractivity contribution is 7.98. The lowest BCUT2D eigenvalue weighted by Gasteiger charge is -2.26. The van der Waals surface area contributed by atoms with Crippen LogP contribution in [0.15, 0.2) is 18.2 Å². The summed E-state index contributed by atoms with van der Waals surface area (Å²) < 4.78 is 27.8. The molecule has 0 spiro atoms. The molecule has 0 saturated carbocycles. The smallest absolute Gasteiger partial charge is 0.223 e. The van der Waals surface area contributed by atoms with Crippen LogP contribution in [0.25, 0.3) is 0 Å².